The largest absolute Gasteiger partial charge is 0.289 e. The first-order chi connectivity index (χ1) is 8.50. The van der Waals surface area contributed by atoms with Crippen molar-refractivity contribution >= 4 is 32.2 Å². The van der Waals surface area contributed by atoms with Crippen molar-refractivity contribution in [2.24, 2.45) is 0 Å². The fourth-order valence-corrected chi connectivity index (χ4v) is 3.09. The molecule has 8 nitrogen and oxygen atoms in total. The summed E-state index contributed by atoms with van der Waals surface area (Å²) in [6.45, 7) is 0. The van der Waals surface area contributed by atoms with Crippen LogP contribution >= 0.6 is 11.3 Å². The Balaban J connectivity index is 2.45. The molecule has 0 radical (unpaired) electrons. The second-order valence-electron chi connectivity index (χ2n) is 3.07. The zero-order chi connectivity index (χ0) is 13.2. The lowest BCUT2D eigenvalue weighted by Crippen LogP contribution is -2.14. The van der Waals surface area contributed by atoms with E-state index >= 15 is 0 Å². The van der Waals surface area contributed by atoms with Crippen LogP contribution < -0.4 is 4.72 Å². The highest BCUT2D eigenvalue weighted by molar-refractivity contribution is 7.93. The van der Waals surface area contributed by atoms with Gasteiger partial charge >= 0.3 is 0 Å². The third-order valence-corrected chi connectivity index (χ3v) is 4.06. The molecule has 1 heterocycles. The van der Waals surface area contributed by atoms with E-state index in [4.69, 9.17) is 0 Å². The highest BCUT2D eigenvalue weighted by Crippen LogP contribution is 2.25. The van der Waals surface area contributed by atoms with Gasteiger partial charge in [0, 0.05) is 6.07 Å². The zero-order valence-electron chi connectivity index (χ0n) is 8.68. The molecule has 94 valence electrons. The van der Waals surface area contributed by atoms with Crippen molar-refractivity contribution in [3.8, 4) is 0 Å². The molecule has 10 heteroatoms. The van der Waals surface area contributed by atoms with Crippen LogP contribution in [0.1, 0.15) is 0 Å². The van der Waals surface area contributed by atoms with Crippen LogP contribution in [0.25, 0.3) is 0 Å². The maximum Gasteiger partial charge on any atom is 0.289 e. The Hall–Kier alpha value is -2.07. The van der Waals surface area contributed by atoms with E-state index in [2.05, 4.69) is 14.9 Å². The van der Waals surface area contributed by atoms with Gasteiger partial charge in [-0.25, -0.2) is 8.42 Å². The van der Waals surface area contributed by atoms with Gasteiger partial charge in [-0.2, -0.15) is 0 Å². The number of hydrogen-bond donors (Lipinski definition) is 1. The SMILES string of the molecule is O=[N+]([O-])c1ccccc1S(=O)(=O)Nc1nncs1. The molecule has 0 aliphatic rings. The quantitative estimate of drug-likeness (QED) is 0.668. The Morgan fingerprint density at radius 2 is 2.06 bits per heavy atom. The van der Waals surface area contributed by atoms with Crippen LogP contribution in [-0.2, 0) is 10.0 Å². The molecular weight excluding hydrogens is 280 g/mol. The molecule has 1 aromatic heterocycles. The van der Waals surface area contributed by atoms with E-state index in [-0.39, 0.29) is 5.13 Å². The summed E-state index contributed by atoms with van der Waals surface area (Å²) in [6.07, 6.45) is 0. The lowest BCUT2D eigenvalue weighted by molar-refractivity contribution is -0.387. The molecule has 0 bridgehead atoms. The number of anilines is 1. The number of sulfonamides is 1. The molecule has 0 spiro atoms. The highest BCUT2D eigenvalue weighted by atomic mass is 32.2. The van der Waals surface area contributed by atoms with E-state index in [0.29, 0.717) is 0 Å². The molecule has 18 heavy (non-hydrogen) atoms. The number of nitro groups is 1. The van der Waals surface area contributed by atoms with Crippen LogP contribution in [0.5, 0.6) is 0 Å². The fourth-order valence-electron chi connectivity index (χ4n) is 1.22. The monoisotopic (exact) mass is 286 g/mol. The third-order valence-electron chi connectivity index (χ3n) is 1.93. The zero-order valence-corrected chi connectivity index (χ0v) is 10.3. The molecule has 1 N–H and O–H groups in total. The first kappa shape index (κ1) is 12.4. The molecule has 2 aromatic rings. The Bertz CT molecular complexity index is 668. The molecule has 1 aromatic carbocycles. The van der Waals surface area contributed by atoms with Gasteiger partial charge in [-0.15, -0.1) is 10.2 Å². The normalized spacial score (nSPS) is 11.1. The predicted octanol–water partition coefficient (Wildman–Crippen LogP) is 1.25. The summed E-state index contributed by atoms with van der Waals surface area (Å²) in [5, 5.41) is 17.8. The first-order valence-electron chi connectivity index (χ1n) is 4.53. The minimum atomic E-state index is -4.04. The van der Waals surface area contributed by atoms with Crippen molar-refractivity contribution < 1.29 is 13.3 Å². The minimum Gasteiger partial charge on any atom is -0.258 e. The van der Waals surface area contributed by atoms with Crippen molar-refractivity contribution in [1.29, 1.82) is 0 Å². The molecule has 0 fully saturated rings. The van der Waals surface area contributed by atoms with E-state index in [1.54, 1.807) is 0 Å². The molecule has 0 saturated carbocycles. The van der Waals surface area contributed by atoms with Crippen LogP contribution in [-0.4, -0.2) is 23.5 Å². The molecule has 0 aliphatic carbocycles. The number of hydrogen-bond acceptors (Lipinski definition) is 7. The van der Waals surface area contributed by atoms with E-state index in [1.165, 1.54) is 17.6 Å². The Morgan fingerprint density at radius 1 is 1.33 bits per heavy atom. The second-order valence-corrected chi connectivity index (χ2v) is 5.56. The third kappa shape index (κ3) is 2.43. The van der Waals surface area contributed by atoms with E-state index in [9.17, 15) is 18.5 Å². The summed E-state index contributed by atoms with van der Waals surface area (Å²) in [6, 6.07) is 5.07. The topological polar surface area (TPSA) is 115 Å². The average molecular weight is 286 g/mol. The standard InChI is InChI=1S/C8H6N4O4S2/c13-12(14)6-3-1-2-4-7(6)18(15,16)11-8-10-9-5-17-8/h1-5H,(H,10,11). The summed E-state index contributed by atoms with van der Waals surface area (Å²) >= 11 is 0.976. The minimum absolute atomic E-state index is 0.0492. The number of nitrogens with zero attached hydrogens (tertiary/aromatic N) is 3. The van der Waals surface area contributed by atoms with Gasteiger partial charge < -0.3 is 0 Å². The summed E-state index contributed by atoms with van der Waals surface area (Å²) < 4.78 is 26.0. The highest BCUT2D eigenvalue weighted by Gasteiger charge is 2.25. The molecule has 0 saturated heterocycles. The lowest BCUT2D eigenvalue weighted by atomic mass is 10.3. The van der Waals surface area contributed by atoms with Gasteiger partial charge in [-0.05, 0) is 6.07 Å². The van der Waals surface area contributed by atoms with Crippen LogP contribution in [0.4, 0.5) is 10.8 Å². The predicted molar refractivity (Wildman–Crippen MR) is 63.8 cm³/mol. The van der Waals surface area contributed by atoms with Gasteiger partial charge in [0.05, 0.1) is 4.92 Å². The van der Waals surface area contributed by atoms with Gasteiger partial charge in [-0.3, -0.25) is 14.8 Å². The van der Waals surface area contributed by atoms with E-state index < -0.39 is 25.5 Å². The summed E-state index contributed by atoms with van der Waals surface area (Å²) in [5.74, 6) is 0. The summed E-state index contributed by atoms with van der Waals surface area (Å²) in [4.78, 5) is 9.59. The summed E-state index contributed by atoms with van der Waals surface area (Å²) in [5.41, 5.74) is 0.853. The van der Waals surface area contributed by atoms with Crippen LogP contribution in [0.3, 0.4) is 0 Å². The smallest absolute Gasteiger partial charge is 0.258 e. The fraction of sp³-hybridized carbons (Fsp3) is 0. The van der Waals surface area contributed by atoms with Crippen molar-refractivity contribution in [2.75, 3.05) is 4.72 Å². The van der Waals surface area contributed by atoms with Crippen LogP contribution in [0.15, 0.2) is 34.7 Å². The average Bonchev–Trinajstić information content (AvgIpc) is 2.81. The number of para-hydroxylation sites is 1. The maximum atomic E-state index is 11.9. The lowest BCUT2D eigenvalue weighted by Gasteiger charge is -2.04. The number of nitrogens with one attached hydrogen (secondary N) is 1. The number of nitro benzene ring substituents is 1. The van der Waals surface area contributed by atoms with Gasteiger partial charge in [0.15, 0.2) is 4.90 Å². The molecule has 0 amide bonds. The first-order valence-corrected chi connectivity index (χ1v) is 6.89. The van der Waals surface area contributed by atoms with E-state index in [0.717, 1.165) is 23.5 Å². The number of aromatic nitrogens is 2. The van der Waals surface area contributed by atoms with Crippen molar-refractivity contribution in [3.05, 3.63) is 39.9 Å². The molecule has 0 atom stereocenters. The van der Waals surface area contributed by atoms with Crippen molar-refractivity contribution in [3.63, 3.8) is 0 Å². The van der Waals surface area contributed by atoms with Crippen LogP contribution in [0.2, 0.25) is 0 Å². The van der Waals surface area contributed by atoms with E-state index in [1.807, 2.05) is 0 Å². The molecule has 2 rings (SSSR count). The number of rotatable bonds is 4. The summed E-state index contributed by atoms with van der Waals surface area (Å²) in [7, 11) is -4.04. The van der Waals surface area contributed by atoms with Gasteiger partial charge in [-0.1, -0.05) is 23.5 Å². The van der Waals surface area contributed by atoms with Crippen molar-refractivity contribution in [2.45, 2.75) is 4.90 Å². The Morgan fingerprint density at radius 3 is 2.67 bits per heavy atom. The van der Waals surface area contributed by atoms with Gasteiger partial charge in [0.1, 0.15) is 5.51 Å². The van der Waals surface area contributed by atoms with Crippen LogP contribution in [0, 0.1) is 10.1 Å². The maximum absolute atomic E-state index is 11.9. The second kappa shape index (κ2) is 4.66. The van der Waals surface area contributed by atoms with Gasteiger partial charge in [0.25, 0.3) is 15.7 Å². The Kier molecular flexibility index (Phi) is 3.21. The molecule has 0 aliphatic heterocycles. The van der Waals surface area contributed by atoms with Gasteiger partial charge in [0.2, 0.25) is 5.13 Å². The molecular formula is C8H6N4O4S2. The van der Waals surface area contributed by atoms with Crippen molar-refractivity contribution in [1.82, 2.24) is 10.2 Å². The molecule has 0 unspecified atom stereocenters. The Labute approximate surface area is 106 Å². The number of benzene rings is 1.